The molecule has 1 heterocycles. The number of hydrogen-bond donors (Lipinski definition) is 4. The summed E-state index contributed by atoms with van der Waals surface area (Å²) in [7, 11) is 0. The number of aliphatic hydroxyl groups excluding tert-OH is 2. The van der Waals surface area contributed by atoms with Gasteiger partial charge in [-0.2, -0.15) is 0 Å². The molecule has 1 aliphatic heterocycles. The van der Waals surface area contributed by atoms with Crippen LogP contribution in [-0.2, 0) is 9.53 Å². The average Bonchev–Trinajstić information content (AvgIpc) is 2.60. The molecule has 9 atom stereocenters. The third-order valence-corrected chi connectivity index (χ3v) is 9.34. The van der Waals surface area contributed by atoms with Crippen molar-refractivity contribution in [2.75, 3.05) is 6.61 Å². The average molecular weight is 849 g/mol. The van der Waals surface area contributed by atoms with Crippen LogP contribution in [-0.4, -0.2) is 62.3 Å². The number of carbonyl (C=O) groups excluding carboxylic acids is 1. The number of carbonyl (C=O) groups is 1. The van der Waals surface area contributed by atoms with Crippen LogP contribution in [0, 0.1) is 117 Å². The molecule has 0 aromatic heterocycles. The van der Waals surface area contributed by atoms with Gasteiger partial charge in [0.2, 0.25) is 0 Å². The second-order valence-electron chi connectivity index (χ2n) is 10.6. The van der Waals surface area contributed by atoms with E-state index >= 15 is 0 Å². The fourth-order valence-electron chi connectivity index (χ4n) is 7.30. The van der Waals surface area contributed by atoms with E-state index in [1.54, 1.807) is 6.92 Å². The maximum absolute atomic E-state index is 13.8. The first-order valence-electron chi connectivity index (χ1n) is 10.4. The van der Waals surface area contributed by atoms with Gasteiger partial charge in [0.1, 0.15) is 11.7 Å². The van der Waals surface area contributed by atoms with Crippen molar-refractivity contribution in [1.82, 2.24) is 0 Å². The summed E-state index contributed by atoms with van der Waals surface area (Å²) in [5, 5.41) is 45.5. The molecule has 0 spiro atoms. The van der Waals surface area contributed by atoms with Crippen molar-refractivity contribution < 1.29 is 118 Å². The van der Waals surface area contributed by atoms with Crippen molar-refractivity contribution in [3.63, 3.8) is 0 Å². The van der Waals surface area contributed by atoms with Crippen LogP contribution in [0.5, 0.6) is 0 Å². The van der Waals surface area contributed by atoms with Gasteiger partial charge in [0.05, 0.1) is 24.4 Å². The molecule has 164 valence electrons. The van der Waals surface area contributed by atoms with Gasteiger partial charge in [0.25, 0.3) is 0 Å². The molecule has 2 radical (unpaired) electrons. The molecule has 0 amide bonds. The molecule has 5 unspecified atom stereocenters. The molecule has 4 aliphatic rings. The van der Waals surface area contributed by atoms with E-state index in [1.807, 2.05) is 34.6 Å². The molecule has 0 aromatic rings. The van der Waals surface area contributed by atoms with Gasteiger partial charge in [-0.25, -0.2) is 0 Å². The summed E-state index contributed by atoms with van der Waals surface area (Å²) in [6, 6.07) is 0. The van der Waals surface area contributed by atoms with Crippen LogP contribution in [0.25, 0.3) is 0 Å². The number of ketones is 1. The Kier molecular flexibility index (Phi) is 8.16. The quantitative estimate of drug-likeness (QED) is 0.274. The largest absolute Gasteiger partial charge is 0.389 e. The first kappa shape index (κ1) is 28.3. The van der Waals surface area contributed by atoms with E-state index in [9.17, 15) is 25.2 Å². The summed E-state index contributed by atoms with van der Waals surface area (Å²) in [6.45, 7) is 11.2. The van der Waals surface area contributed by atoms with Crippen LogP contribution >= 0.6 is 0 Å². The van der Waals surface area contributed by atoms with Crippen molar-refractivity contribution in [3.8, 4) is 0 Å². The minimum Gasteiger partial charge on any atom is -0.389 e. The topological polar surface area (TPSA) is 107 Å². The smallest absolute Gasteiger partial charge is 0.172 e. The normalized spacial score (nSPS) is 51.9. The summed E-state index contributed by atoms with van der Waals surface area (Å²) >= 11 is 0. The Morgan fingerprint density at radius 2 is 1.63 bits per heavy atom. The Labute approximate surface area is 250 Å². The molecule has 6 nitrogen and oxygen atoms in total. The minimum absolute atomic E-state index is 0. The number of aliphatic hydroxyl groups is 4. The predicted molar refractivity (Wildman–Crippen MR) is 102 cm³/mol. The van der Waals surface area contributed by atoms with Crippen molar-refractivity contribution >= 4 is 5.78 Å². The Bertz CT molecular complexity index is 769. The number of Topliss-reactive ketones (excluding diaryl/α,β-unsaturated/α-hetero) is 1. The van der Waals surface area contributed by atoms with Crippen LogP contribution in [0.15, 0.2) is 11.1 Å². The van der Waals surface area contributed by atoms with Gasteiger partial charge in [-0.1, -0.05) is 34.6 Å². The molecule has 8 heteroatoms. The third-order valence-electron chi connectivity index (χ3n) is 9.34. The zero-order valence-electron chi connectivity index (χ0n) is 18.8. The number of rotatable bonds is 0. The van der Waals surface area contributed by atoms with E-state index in [0.29, 0.717) is 17.6 Å². The molecule has 0 aromatic carbocycles. The molecule has 30 heavy (non-hydrogen) atoms. The third kappa shape index (κ3) is 3.28. The second kappa shape index (κ2) is 8.64. The molecule has 4 N–H and O–H groups in total. The monoisotopic (exact) mass is 848 g/mol. The van der Waals surface area contributed by atoms with Gasteiger partial charge in [0, 0.05) is 111 Å². The van der Waals surface area contributed by atoms with Crippen LogP contribution in [0.1, 0.15) is 54.4 Å². The van der Waals surface area contributed by atoms with E-state index in [4.69, 9.17) is 4.74 Å². The van der Waals surface area contributed by atoms with Crippen LogP contribution < -0.4 is 0 Å². The van der Waals surface area contributed by atoms with Crippen molar-refractivity contribution in [1.29, 1.82) is 0 Å². The van der Waals surface area contributed by atoms with Crippen LogP contribution in [0.3, 0.4) is 0 Å². The Morgan fingerprint density at radius 3 is 2.13 bits per heavy atom. The van der Waals surface area contributed by atoms with E-state index < -0.39 is 46.1 Å². The number of ether oxygens (including phenoxy) is 1. The van der Waals surface area contributed by atoms with Crippen molar-refractivity contribution in [3.05, 3.63) is 11.1 Å². The van der Waals surface area contributed by atoms with Gasteiger partial charge in [-0.15, -0.1) is 0 Å². The number of fused-ring (bicyclic) bond motifs is 5. The minimum atomic E-state index is -1.42. The van der Waals surface area contributed by atoms with E-state index in [0.717, 1.165) is 0 Å². The van der Waals surface area contributed by atoms with Gasteiger partial charge in [-0.05, 0) is 36.3 Å². The fourth-order valence-corrected chi connectivity index (χ4v) is 7.30. The van der Waals surface area contributed by atoms with Crippen molar-refractivity contribution in [2.24, 2.45) is 28.6 Å². The van der Waals surface area contributed by atoms with Crippen LogP contribution in [0.2, 0.25) is 0 Å². The van der Waals surface area contributed by atoms with Crippen molar-refractivity contribution in [2.45, 2.75) is 83.9 Å². The summed E-state index contributed by atoms with van der Waals surface area (Å²) < 4.78 is 5.65. The standard InChI is InChI=1S/C22H34O6.2Ac/c1-10-7-14-21(26,9-28-14)17-12(3)22(27)8-13(23)11(2)15(19(22,4)5)16(24)18(25)20(10,17)6;;/h10,12-14,16-17,23-24,26-27H,7-9H2,1-6H3;;/t10-,12-,13?,14?,16?,17?,20+,21-,22?;;/m0../s1. The fraction of sp³-hybridized carbons (Fsp3) is 0.864. The van der Waals surface area contributed by atoms with Gasteiger partial charge >= 0.3 is 0 Å². The van der Waals surface area contributed by atoms with E-state index in [2.05, 4.69) is 0 Å². The zero-order valence-corrected chi connectivity index (χ0v) is 28.3. The molecule has 4 rings (SSSR count). The summed E-state index contributed by atoms with van der Waals surface area (Å²) in [4.78, 5) is 13.8. The summed E-state index contributed by atoms with van der Waals surface area (Å²) in [5.74, 6) is -1.51. The first-order chi connectivity index (χ1) is 12.7. The first-order valence-corrected chi connectivity index (χ1v) is 10.4. The summed E-state index contributed by atoms with van der Waals surface area (Å²) in [5.41, 5.74) is -3.55. The van der Waals surface area contributed by atoms with Gasteiger partial charge < -0.3 is 25.2 Å². The van der Waals surface area contributed by atoms with E-state index in [-0.39, 0.29) is 119 Å². The molecular formula is C22H34Ac2O6. The molecular weight excluding hydrogens is 814 g/mol. The molecule has 2 saturated carbocycles. The van der Waals surface area contributed by atoms with E-state index in [1.165, 1.54) is 0 Å². The molecule has 2 bridgehead atoms. The predicted octanol–water partition coefficient (Wildman–Crippen LogP) is 1.20. The molecule has 3 fully saturated rings. The molecule has 3 aliphatic carbocycles. The van der Waals surface area contributed by atoms with Crippen LogP contribution in [0.4, 0.5) is 0 Å². The second-order valence-corrected chi connectivity index (χ2v) is 10.6. The number of hydrogen-bond acceptors (Lipinski definition) is 6. The summed E-state index contributed by atoms with van der Waals surface area (Å²) in [6.07, 6.45) is -2.08. The maximum atomic E-state index is 13.8. The zero-order chi connectivity index (χ0) is 21.0. The maximum Gasteiger partial charge on any atom is 0.172 e. The Balaban J connectivity index is 0.00000160. The SMILES string of the molecule is CC1=C2C(O)C(=O)[C@@]3(C)C([C@H](C)C(O)(CC1O)C2(C)C)[C@]1(O)COC1C[C@@H]3C.[Ac].[Ac]. The van der Waals surface area contributed by atoms with Gasteiger partial charge in [0.15, 0.2) is 5.78 Å². The Hall–Kier alpha value is 2.09. The van der Waals surface area contributed by atoms with Gasteiger partial charge in [-0.3, -0.25) is 4.79 Å². The molecule has 1 saturated heterocycles. The Morgan fingerprint density at radius 1 is 1.07 bits per heavy atom.